The molecule has 0 spiro atoms. The van der Waals surface area contributed by atoms with E-state index >= 15 is 0 Å². The molecule has 2 aromatic heterocycles. The van der Waals surface area contributed by atoms with Crippen molar-refractivity contribution in [2.24, 2.45) is 0 Å². The predicted molar refractivity (Wildman–Crippen MR) is 79.6 cm³/mol. The van der Waals surface area contributed by atoms with E-state index in [2.05, 4.69) is 29.1 Å². The average molecular weight is 271 g/mol. The lowest BCUT2D eigenvalue weighted by Crippen LogP contribution is -2.22. The molecule has 0 aromatic carbocycles. The van der Waals surface area contributed by atoms with Crippen LogP contribution in [0.1, 0.15) is 25.2 Å². The summed E-state index contributed by atoms with van der Waals surface area (Å²) in [5, 5.41) is 3.33. The molecule has 0 bridgehead atoms. The Morgan fingerprint density at radius 2 is 2.00 bits per heavy atom. The van der Waals surface area contributed by atoms with E-state index in [1.165, 1.54) is 0 Å². The molecule has 2 rings (SSSR count). The van der Waals surface area contributed by atoms with Gasteiger partial charge in [0.25, 0.3) is 0 Å². The lowest BCUT2D eigenvalue weighted by atomic mass is 10.3. The van der Waals surface area contributed by atoms with Crippen molar-refractivity contribution in [2.45, 2.75) is 32.9 Å². The lowest BCUT2D eigenvalue weighted by molar-refractivity contribution is 0.319. The Bertz CT molecular complexity index is 497. The summed E-state index contributed by atoms with van der Waals surface area (Å²) in [4.78, 5) is 8.63. The second-order valence-corrected chi connectivity index (χ2v) is 4.94. The fourth-order valence-electron chi connectivity index (χ4n) is 1.73. The second kappa shape index (κ2) is 7.60. The molecule has 0 aliphatic carbocycles. The van der Waals surface area contributed by atoms with Gasteiger partial charge in [0.15, 0.2) is 0 Å². The van der Waals surface area contributed by atoms with Gasteiger partial charge in [0.05, 0.1) is 18.5 Å². The highest BCUT2D eigenvalue weighted by Crippen LogP contribution is 2.09. The van der Waals surface area contributed by atoms with Gasteiger partial charge in [-0.05, 0) is 24.3 Å². The number of nitrogens with zero attached hydrogens (tertiary/aromatic N) is 2. The van der Waals surface area contributed by atoms with Crippen LogP contribution in [0.25, 0.3) is 0 Å². The van der Waals surface area contributed by atoms with Crippen molar-refractivity contribution in [1.82, 2.24) is 15.3 Å². The minimum atomic E-state index is 0.464. The zero-order valence-corrected chi connectivity index (χ0v) is 12.0. The maximum atomic E-state index is 5.67. The van der Waals surface area contributed by atoms with Crippen LogP contribution >= 0.6 is 0 Å². The molecule has 0 fully saturated rings. The van der Waals surface area contributed by atoms with E-state index < -0.39 is 0 Å². The second-order valence-electron chi connectivity index (χ2n) is 4.94. The van der Waals surface area contributed by atoms with Crippen molar-refractivity contribution in [3.63, 3.8) is 0 Å². The van der Waals surface area contributed by atoms with E-state index in [1.54, 1.807) is 12.4 Å². The van der Waals surface area contributed by atoms with E-state index in [4.69, 9.17) is 4.74 Å². The van der Waals surface area contributed by atoms with Crippen LogP contribution in [0.4, 0.5) is 0 Å². The number of hydrogen-bond acceptors (Lipinski definition) is 4. The molecule has 1 N–H and O–H groups in total. The van der Waals surface area contributed by atoms with Gasteiger partial charge < -0.3 is 10.1 Å². The van der Waals surface area contributed by atoms with Crippen molar-refractivity contribution >= 4 is 0 Å². The maximum Gasteiger partial charge on any atom is 0.137 e. The number of aromatic nitrogens is 2. The first-order valence-corrected chi connectivity index (χ1v) is 6.95. The third-order valence-corrected chi connectivity index (χ3v) is 2.84. The van der Waals surface area contributed by atoms with Gasteiger partial charge in [-0.1, -0.05) is 19.9 Å². The quantitative estimate of drug-likeness (QED) is 0.841. The molecular weight excluding hydrogens is 250 g/mol. The molecule has 0 amide bonds. The molecule has 106 valence electrons. The monoisotopic (exact) mass is 271 g/mol. The number of ether oxygens (including phenoxy) is 1. The Morgan fingerprint density at radius 1 is 1.10 bits per heavy atom. The van der Waals surface area contributed by atoms with E-state index in [-0.39, 0.29) is 0 Å². The Hall–Kier alpha value is -1.94. The Kier molecular flexibility index (Phi) is 5.50. The van der Waals surface area contributed by atoms with Crippen LogP contribution in [0, 0.1) is 0 Å². The predicted octanol–water partition coefficient (Wildman–Crippen LogP) is 2.60. The van der Waals surface area contributed by atoms with Crippen molar-refractivity contribution < 1.29 is 4.74 Å². The van der Waals surface area contributed by atoms with Crippen LogP contribution in [0.15, 0.2) is 42.7 Å². The molecule has 20 heavy (non-hydrogen) atoms. The first kappa shape index (κ1) is 14.5. The smallest absolute Gasteiger partial charge is 0.137 e. The molecule has 2 heterocycles. The van der Waals surface area contributed by atoms with Crippen molar-refractivity contribution in [3.8, 4) is 5.75 Å². The fourth-order valence-corrected chi connectivity index (χ4v) is 1.73. The number of nitrogens with one attached hydrogen (secondary N) is 1. The summed E-state index contributed by atoms with van der Waals surface area (Å²) < 4.78 is 5.67. The van der Waals surface area contributed by atoms with Crippen LogP contribution in [0.2, 0.25) is 0 Å². The topological polar surface area (TPSA) is 47.0 Å². The normalized spacial score (nSPS) is 10.8. The van der Waals surface area contributed by atoms with E-state index in [9.17, 15) is 0 Å². The highest BCUT2D eigenvalue weighted by molar-refractivity contribution is 5.20. The highest BCUT2D eigenvalue weighted by atomic mass is 16.5. The molecule has 0 aliphatic rings. The summed E-state index contributed by atoms with van der Waals surface area (Å²) in [6.07, 6.45) is 4.38. The molecule has 0 saturated carbocycles. The van der Waals surface area contributed by atoms with Gasteiger partial charge in [-0.3, -0.25) is 9.97 Å². The minimum absolute atomic E-state index is 0.464. The van der Waals surface area contributed by atoms with Crippen molar-refractivity contribution in [1.29, 1.82) is 0 Å². The molecule has 0 radical (unpaired) electrons. The summed E-state index contributed by atoms with van der Waals surface area (Å²) in [6, 6.07) is 10.3. The molecule has 0 aliphatic heterocycles. The summed E-state index contributed by atoms with van der Waals surface area (Å²) in [5.74, 6) is 0.800. The number of rotatable bonds is 7. The van der Waals surface area contributed by atoms with Crippen LogP contribution in [-0.4, -0.2) is 22.6 Å². The summed E-state index contributed by atoms with van der Waals surface area (Å²) in [7, 11) is 0. The summed E-state index contributed by atoms with van der Waals surface area (Å²) in [5.41, 5.74) is 2.06. The maximum absolute atomic E-state index is 5.67. The molecule has 2 aromatic rings. The van der Waals surface area contributed by atoms with Gasteiger partial charge in [-0.2, -0.15) is 0 Å². The molecule has 4 nitrogen and oxygen atoms in total. The van der Waals surface area contributed by atoms with E-state index in [1.807, 2.05) is 30.3 Å². The lowest BCUT2D eigenvalue weighted by Gasteiger charge is -2.09. The molecule has 0 atom stereocenters. The third-order valence-electron chi connectivity index (χ3n) is 2.84. The Morgan fingerprint density at radius 3 is 2.65 bits per heavy atom. The molecule has 4 heteroatoms. The van der Waals surface area contributed by atoms with Crippen molar-refractivity contribution in [3.05, 3.63) is 54.1 Å². The van der Waals surface area contributed by atoms with Gasteiger partial charge in [0.1, 0.15) is 5.75 Å². The highest BCUT2D eigenvalue weighted by Gasteiger charge is 1.99. The van der Waals surface area contributed by atoms with Crippen LogP contribution < -0.4 is 10.1 Å². The Labute approximate surface area is 120 Å². The first-order valence-electron chi connectivity index (χ1n) is 6.95. The zero-order valence-electron chi connectivity index (χ0n) is 12.0. The number of pyridine rings is 2. The molecule has 0 saturated heterocycles. The van der Waals surface area contributed by atoms with Crippen molar-refractivity contribution in [2.75, 3.05) is 6.61 Å². The Balaban J connectivity index is 1.76. The first-order chi connectivity index (χ1) is 9.74. The van der Waals surface area contributed by atoms with Crippen LogP contribution in [0.5, 0.6) is 5.75 Å². The van der Waals surface area contributed by atoms with Gasteiger partial charge in [-0.15, -0.1) is 0 Å². The van der Waals surface area contributed by atoms with Gasteiger partial charge >= 0.3 is 0 Å². The van der Waals surface area contributed by atoms with Crippen LogP contribution in [-0.2, 0) is 13.0 Å². The summed E-state index contributed by atoms with van der Waals surface area (Å²) >= 11 is 0. The van der Waals surface area contributed by atoms with Gasteiger partial charge in [0, 0.05) is 30.9 Å². The van der Waals surface area contributed by atoms with E-state index in [0.29, 0.717) is 12.6 Å². The minimum Gasteiger partial charge on any atom is -0.492 e. The number of hydrogen-bond donors (Lipinski definition) is 1. The molecule has 0 unspecified atom stereocenters. The average Bonchev–Trinajstić information content (AvgIpc) is 2.47. The largest absolute Gasteiger partial charge is 0.492 e. The fraction of sp³-hybridized carbons (Fsp3) is 0.375. The standard InChI is InChI=1S/C16H21N3O/c1-13(2)18-11-15-6-7-16(12-19-15)20-10-8-14-5-3-4-9-17-14/h3-7,9,12-13,18H,8,10-11H2,1-2H3. The van der Waals surface area contributed by atoms with Gasteiger partial charge in [0.2, 0.25) is 0 Å². The third kappa shape index (κ3) is 4.97. The molecular formula is C16H21N3O. The summed E-state index contributed by atoms with van der Waals surface area (Å²) in [6.45, 7) is 5.64. The van der Waals surface area contributed by atoms with Crippen LogP contribution in [0.3, 0.4) is 0 Å². The van der Waals surface area contributed by atoms with Gasteiger partial charge in [-0.25, -0.2) is 0 Å². The zero-order chi connectivity index (χ0) is 14.2. The van der Waals surface area contributed by atoms with E-state index in [0.717, 1.165) is 30.1 Å². The SMILES string of the molecule is CC(C)NCc1ccc(OCCc2ccccn2)cn1.